The van der Waals surface area contributed by atoms with Crippen molar-refractivity contribution in [3.8, 4) is 17.6 Å². The first-order valence-electron chi connectivity index (χ1n) is 10.3. The van der Waals surface area contributed by atoms with Crippen LogP contribution in [0.3, 0.4) is 0 Å². The molecule has 7 nitrogen and oxygen atoms in total. The second kappa shape index (κ2) is 11.2. The first kappa shape index (κ1) is 24.6. The molecule has 3 aromatic rings. The zero-order chi connectivity index (χ0) is 24.7. The Balaban J connectivity index is 1.64. The van der Waals surface area contributed by atoms with Gasteiger partial charge in [0, 0.05) is 11.4 Å². The lowest BCUT2D eigenvalue weighted by atomic mass is 10.1. The topological polar surface area (TPSA) is 111 Å². The maximum atomic E-state index is 12.4. The smallest absolute Gasteiger partial charge is 0.266 e. The molecule has 0 unspecified atom stereocenters. The molecule has 0 aromatic heterocycles. The molecule has 0 aliphatic carbocycles. The number of nitrogens with one attached hydrogen (secondary N) is 2. The van der Waals surface area contributed by atoms with E-state index in [1.807, 2.05) is 38.1 Å². The van der Waals surface area contributed by atoms with E-state index in [1.54, 1.807) is 18.2 Å². The summed E-state index contributed by atoms with van der Waals surface area (Å²) in [6.45, 7) is 3.69. The van der Waals surface area contributed by atoms with Gasteiger partial charge in [-0.05, 0) is 95.0 Å². The van der Waals surface area contributed by atoms with Gasteiger partial charge in [-0.25, -0.2) is 0 Å². The fourth-order valence-corrected chi connectivity index (χ4v) is 3.49. The van der Waals surface area contributed by atoms with Crippen LogP contribution in [0, 0.1) is 25.2 Å². The van der Waals surface area contributed by atoms with Gasteiger partial charge in [0.15, 0.2) is 6.61 Å². The number of hydrogen-bond acceptors (Lipinski definition) is 5. The Morgan fingerprint density at radius 1 is 1.06 bits per heavy atom. The van der Waals surface area contributed by atoms with Crippen LogP contribution in [0.25, 0.3) is 6.08 Å². The van der Waals surface area contributed by atoms with E-state index in [1.165, 1.54) is 30.3 Å². The SMILES string of the molecule is Cc1ccc(C)c(NC(=O)COc2ccc(/C=C(\C#N)C(=O)Nc3ccc(O)cc3)cc2Br)c1. The van der Waals surface area contributed by atoms with Crippen LogP contribution in [0.4, 0.5) is 11.4 Å². The largest absolute Gasteiger partial charge is 0.508 e. The predicted molar refractivity (Wildman–Crippen MR) is 135 cm³/mol. The van der Waals surface area contributed by atoms with Crippen LogP contribution >= 0.6 is 15.9 Å². The van der Waals surface area contributed by atoms with Gasteiger partial charge < -0.3 is 20.5 Å². The molecule has 0 bridgehead atoms. The van der Waals surface area contributed by atoms with Crippen molar-refractivity contribution in [2.75, 3.05) is 17.2 Å². The second-order valence-corrected chi connectivity index (χ2v) is 8.37. The third kappa shape index (κ3) is 6.70. The van der Waals surface area contributed by atoms with Crippen molar-refractivity contribution in [3.05, 3.63) is 87.4 Å². The Morgan fingerprint density at radius 2 is 1.79 bits per heavy atom. The van der Waals surface area contributed by atoms with Gasteiger partial charge in [0.05, 0.1) is 4.47 Å². The van der Waals surface area contributed by atoms with Gasteiger partial charge in [-0.15, -0.1) is 0 Å². The molecule has 0 fully saturated rings. The van der Waals surface area contributed by atoms with Crippen molar-refractivity contribution >= 4 is 45.2 Å². The number of ether oxygens (including phenoxy) is 1. The summed E-state index contributed by atoms with van der Waals surface area (Å²) in [4.78, 5) is 24.7. The molecule has 3 aromatic carbocycles. The number of benzene rings is 3. The zero-order valence-corrected chi connectivity index (χ0v) is 20.1. The van der Waals surface area contributed by atoms with E-state index in [2.05, 4.69) is 26.6 Å². The highest BCUT2D eigenvalue weighted by Gasteiger charge is 2.12. The summed E-state index contributed by atoms with van der Waals surface area (Å²) < 4.78 is 6.19. The quantitative estimate of drug-likeness (QED) is 0.221. The fraction of sp³-hybridized carbons (Fsp3) is 0.115. The molecular formula is C26H22BrN3O4. The minimum atomic E-state index is -0.576. The Morgan fingerprint density at radius 3 is 2.47 bits per heavy atom. The molecule has 2 amide bonds. The van der Waals surface area contributed by atoms with Crippen molar-refractivity contribution in [3.63, 3.8) is 0 Å². The molecule has 0 aliphatic rings. The number of aromatic hydroxyl groups is 1. The maximum absolute atomic E-state index is 12.4. The monoisotopic (exact) mass is 519 g/mol. The highest BCUT2D eigenvalue weighted by atomic mass is 79.9. The van der Waals surface area contributed by atoms with E-state index in [9.17, 15) is 20.0 Å². The third-order valence-electron chi connectivity index (χ3n) is 4.78. The van der Waals surface area contributed by atoms with Crippen LogP contribution in [0.1, 0.15) is 16.7 Å². The number of nitrogens with zero attached hydrogens (tertiary/aromatic N) is 1. The van der Waals surface area contributed by atoms with Gasteiger partial charge in [-0.1, -0.05) is 18.2 Å². The molecular weight excluding hydrogens is 498 g/mol. The molecule has 0 spiro atoms. The number of halogens is 1. The predicted octanol–water partition coefficient (Wildman–Crippen LogP) is 5.33. The van der Waals surface area contributed by atoms with Crippen LogP contribution in [-0.4, -0.2) is 23.5 Å². The van der Waals surface area contributed by atoms with Gasteiger partial charge >= 0.3 is 0 Å². The third-order valence-corrected chi connectivity index (χ3v) is 5.40. The van der Waals surface area contributed by atoms with Gasteiger partial charge in [0.2, 0.25) is 0 Å². The molecule has 0 radical (unpaired) electrons. The van der Waals surface area contributed by atoms with E-state index in [-0.39, 0.29) is 23.8 Å². The van der Waals surface area contributed by atoms with E-state index >= 15 is 0 Å². The first-order chi connectivity index (χ1) is 16.2. The van der Waals surface area contributed by atoms with Crippen LogP contribution in [0.5, 0.6) is 11.5 Å². The van der Waals surface area contributed by atoms with Crippen LogP contribution in [0.15, 0.2) is 70.7 Å². The average Bonchev–Trinajstić information content (AvgIpc) is 2.80. The van der Waals surface area contributed by atoms with E-state index in [0.29, 0.717) is 21.5 Å². The maximum Gasteiger partial charge on any atom is 0.266 e. The lowest BCUT2D eigenvalue weighted by Crippen LogP contribution is -2.20. The van der Waals surface area contributed by atoms with Gasteiger partial charge in [-0.2, -0.15) is 5.26 Å². The van der Waals surface area contributed by atoms with Crippen LogP contribution in [-0.2, 0) is 9.59 Å². The van der Waals surface area contributed by atoms with Crippen molar-refractivity contribution in [1.82, 2.24) is 0 Å². The second-order valence-electron chi connectivity index (χ2n) is 7.52. The lowest BCUT2D eigenvalue weighted by Gasteiger charge is -2.11. The summed E-state index contributed by atoms with van der Waals surface area (Å²) in [6.07, 6.45) is 1.44. The first-order valence-corrected chi connectivity index (χ1v) is 11.1. The average molecular weight is 520 g/mol. The molecule has 172 valence electrons. The van der Waals surface area contributed by atoms with Gasteiger partial charge in [0.1, 0.15) is 23.1 Å². The summed E-state index contributed by atoms with van der Waals surface area (Å²) in [7, 11) is 0. The van der Waals surface area contributed by atoms with Crippen molar-refractivity contribution in [2.24, 2.45) is 0 Å². The summed E-state index contributed by atoms with van der Waals surface area (Å²) in [5, 5.41) is 24.2. The van der Waals surface area contributed by atoms with Crippen LogP contribution < -0.4 is 15.4 Å². The van der Waals surface area contributed by atoms with Gasteiger partial charge in [0.25, 0.3) is 11.8 Å². The summed E-state index contributed by atoms with van der Waals surface area (Å²) in [5.74, 6) is -0.348. The molecule has 0 atom stereocenters. The molecule has 0 saturated heterocycles. The molecule has 3 N–H and O–H groups in total. The number of phenols is 1. The minimum absolute atomic E-state index is 0.0731. The molecule has 0 heterocycles. The van der Waals surface area contributed by atoms with Crippen molar-refractivity contribution in [1.29, 1.82) is 5.26 Å². The number of aryl methyl sites for hydroxylation is 2. The number of amides is 2. The Hall–Kier alpha value is -4.09. The number of anilines is 2. The number of phenolic OH excluding ortho intramolecular Hbond substituents is 1. The Labute approximate surface area is 205 Å². The standard InChI is InChI=1S/C26H22BrN3O4/c1-16-3-4-17(2)23(11-16)30-25(32)15-34-24-10-5-18(13-22(24)27)12-19(14-28)26(33)29-20-6-8-21(31)9-7-20/h3-13,31H,15H2,1-2H3,(H,29,33)(H,30,32)/b19-12+. The molecule has 0 aliphatic heterocycles. The van der Waals surface area contributed by atoms with Gasteiger partial charge in [-0.3, -0.25) is 9.59 Å². The lowest BCUT2D eigenvalue weighted by molar-refractivity contribution is -0.118. The fourth-order valence-electron chi connectivity index (χ4n) is 2.98. The van der Waals surface area contributed by atoms with Crippen LogP contribution in [0.2, 0.25) is 0 Å². The number of carbonyl (C=O) groups excluding carboxylic acids is 2. The summed E-state index contributed by atoms with van der Waals surface area (Å²) in [5.41, 5.74) is 3.69. The highest BCUT2D eigenvalue weighted by Crippen LogP contribution is 2.27. The number of nitriles is 1. The molecule has 34 heavy (non-hydrogen) atoms. The Kier molecular flexibility index (Phi) is 8.06. The normalized spacial score (nSPS) is 10.8. The molecule has 0 saturated carbocycles. The molecule has 8 heteroatoms. The zero-order valence-electron chi connectivity index (χ0n) is 18.6. The number of rotatable bonds is 7. The van der Waals surface area contributed by atoms with E-state index < -0.39 is 5.91 Å². The van der Waals surface area contributed by atoms with E-state index in [0.717, 1.165) is 16.8 Å². The summed E-state index contributed by atoms with van der Waals surface area (Å²) in [6, 6.07) is 18.6. The molecule has 3 rings (SSSR count). The minimum Gasteiger partial charge on any atom is -0.508 e. The highest BCUT2D eigenvalue weighted by molar-refractivity contribution is 9.10. The number of hydrogen-bond donors (Lipinski definition) is 3. The van der Waals surface area contributed by atoms with Crippen molar-refractivity contribution in [2.45, 2.75) is 13.8 Å². The Bertz CT molecular complexity index is 1290. The number of carbonyl (C=O) groups is 2. The van der Waals surface area contributed by atoms with E-state index in [4.69, 9.17) is 4.74 Å². The summed E-state index contributed by atoms with van der Waals surface area (Å²) >= 11 is 3.40. The van der Waals surface area contributed by atoms with Crippen molar-refractivity contribution < 1.29 is 19.4 Å².